The number of hydrogen-bond donors (Lipinski definition) is 3. The zero-order valence-electron chi connectivity index (χ0n) is 14.7. The lowest BCUT2D eigenvalue weighted by Gasteiger charge is -2.43. The van der Waals surface area contributed by atoms with E-state index in [0.29, 0.717) is 32.4 Å². The van der Waals surface area contributed by atoms with Crippen molar-refractivity contribution in [2.24, 2.45) is 5.92 Å². The highest BCUT2D eigenvalue weighted by atomic mass is 19.4. The Hall–Kier alpha value is -1.55. The summed E-state index contributed by atoms with van der Waals surface area (Å²) in [6, 6.07) is -0.445. The lowest BCUT2D eigenvalue weighted by Crippen LogP contribution is -2.58. The zero-order chi connectivity index (χ0) is 19.5. The maximum Gasteiger partial charge on any atom is 0.414 e. The van der Waals surface area contributed by atoms with Crippen molar-refractivity contribution in [2.75, 3.05) is 26.2 Å². The zero-order valence-corrected chi connectivity index (χ0v) is 14.7. The molecular formula is C16H26F3N3O4. The first-order valence-corrected chi connectivity index (χ1v) is 8.87. The summed E-state index contributed by atoms with van der Waals surface area (Å²) >= 11 is 0. The van der Waals surface area contributed by atoms with Crippen molar-refractivity contribution in [2.45, 2.75) is 57.0 Å². The van der Waals surface area contributed by atoms with E-state index >= 15 is 0 Å². The second-order valence-corrected chi connectivity index (χ2v) is 7.06. The van der Waals surface area contributed by atoms with Gasteiger partial charge < -0.3 is 20.4 Å². The van der Waals surface area contributed by atoms with Gasteiger partial charge in [0, 0.05) is 31.1 Å². The smallest absolute Gasteiger partial charge is 0.414 e. The van der Waals surface area contributed by atoms with Crippen LogP contribution in [0.1, 0.15) is 32.6 Å². The number of carboxylic acid groups (broad SMARTS) is 1. The Bertz CT molecular complexity index is 511. The molecule has 2 amide bonds. The molecule has 0 spiro atoms. The molecule has 26 heavy (non-hydrogen) atoms. The lowest BCUT2D eigenvalue weighted by molar-refractivity contribution is -0.222. The van der Waals surface area contributed by atoms with Crippen LogP contribution in [0, 0.1) is 5.92 Å². The lowest BCUT2D eigenvalue weighted by atomic mass is 9.85. The van der Waals surface area contributed by atoms with Gasteiger partial charge in [0.25, 0.3) is 0 Å². The van der Waals surface area contributed by atoms with Gasteiger partial charge in [0.1, 0.15) is 0 Å². The molecule has 1 aliphatic carbocycles. The molecule has 0 aromatic heterocycles. The summed E-state index contributed by atoms with van der Waals surface area (Å²) < 4.78 is 38.0. The van der Waals surface area contributed by atoms with Gasteiger partial charge >= 0.3 is 18.2 Å². The van der Waals surface area contributed by atoms with Crippen LogP contribution in [0.2, 0.25) is 0 Å². The van der Waals surface area contributed by atoms with Crippen molar-refractivity contribution in [3.8, 4) is 0 Å². The summed E-state index contributed by atoms with van der Waals surface area (Å²) in [5.74, 6) is -1.91. The average Bonchev–Trinajstić information content (AvgIpc) is 2.54. The van der Waals surface area contributed by atoms with E-state index in [9.17, 15) is 27.9 Å². The Labute approximate surface area is 150 Å². The van der Waals surface area contributed by atoms with Crippen LogP contribution in [0.5, 0.6) is 0 Å². The first kappa shape index (κ1) is 20.8. The SMILES string of the molecule is CCN(CC(=O)O)C1CC(NC(=O)N2CCCC(C(O)C(F)(F)F)C2)C1. The maximum absolute atomic E-state index is 12.7. The molecule has 0 radical (unpaired) electrons. The van der Waals surface area contributed by atoms with Crippen molar-refractivity contribution in [3.63, 3.8) is 0 Å². The third-order valence-corrected chi connectivity index (χ3v) is 5.23. The number of urea groups is 1. The van der Waals surface area contributed by atoms with Gasteiger partial charge in [0.2, 0.25) is 0 Å². The molecule has 2 fully saturated rings. The number of piperidine rings is 1. The summed E-state index contributed by atoms with van der Waals surface area (Å²) in [4.78, 5) is 26.2. The Balaban J connectivity index is 1.79. The van der Waals surface area contributed by atoms with Crippen molar-refractivity contribution < 1.29 is 33.0 Å². The topological polar surface area (TPSA) is 93.1 Å². The van der Waals surface area contributed by atoms with Crippen LogP contribution in [-0.2, 0) is 4.79 Å². The van der Waals surface area contributed by atoms with E-state index in [0.717, 1.165) is 0 Å². The first-order chi connectivity index (χ1) is 12.1. The van der Waals surface area contributed by atoms with E-state index in [1.165, 1.54) is 4.90 Å². The number of aliphatic hydroxyl groups excluding tert-OH is 1. The van der Waals surface area contributed by atoms with Gasteiger partial charge in [0.05, 0.1) is 6.54 Å². The Morgan fingerprint density at radius 2 is 2.00 bits per heavy atom. The van der Waals surface area contributed by atoms with Crippen LogP contribution < -0.4 is 5.32 Å². The van der Waals surface area contributed by atoms with Crippen LogP contribution >= 0.6 is 0 Å². The van der Waals surface area contributed by atoms with Crippen LogP contribution in [0.4, 0.5) is 18.0 Å². The second-order valence-electron chi connectivity index (χ2n) is 7.06. The quantitative estimate of drug-likeness (QED) is 0.644. The minimum Gasteiger partial charge on any atom is -0.480 e. The maximum atomic E-state index is 12.7. The van der Waals surface area contributed by atoms with Gasteiger partial charge in [-0.05, 0) is 32.2 Å². The number of carboxylic acids is 1. The number of aliphatic hydroxyl groups is 1. The number of hydrogen-bond acceptors (Lipinski definition) is 4. The molecule has 1 aliphatic heterocycles. The molecule has 0 aromatic carbocycles. The molecule has 0 aromatic rings. The number of nitrogens with zero attached hydrogens (tertiary/aromatic N) is 2. The highest BCUT2D eigenvalue weighted by molar-refractivity contribution is 5.74. The molecular weight excluding hydrogens is 355 g/mol. The molecule has 1 saturated heterocycles. The fourth-order valence-corrected chi connectivity index (χ4v) is 3.66. The van der Waals surface area contributed by atoms with Gasteiger partial charge in [-0.3, -0.25) is 9.69 Å². The number of amides is 2. The highest BCUT2D eigenvalue weighted by Gasteiger charge is 2.45. The summed E-state index contributed by atoms with van der Waals surface area (Å²) in [6.07, 6.45) is -5.21. The number of likely N-dealkylation sites (N-methyl/N-ethyl adjacent to an activating group) is 1. The highest BCUT2D eigenvalue weighted by Crippen LogP contribution is 2.31. The molecule has 2 unspecified atom stereocenters. The third-order valence-electron chi connectivity index (χ3n) is 5.23. The number of carbonyl (C=O) groups excluding carboxylic acids is 1. The molecule has 10 heteroatoms. The molecule has 7 nitrogen and oxygen atoms in total. The Kier molecular flexibility index (Phi) is 6.73. The van der Waals surface area contributed by atoms with E-state index in [4.69, 9.17) is 5.11 Å². The molecule has 3 N–H and O–H groups in total. The Morgan fingerprint density at radius 1 is 1.35 bits per heavy atom. The van der Waals surface area contributed by atoms with Crippen LogP contribution in [0.3, 0.4) is 0 Å². The van der Waals surface area contributed by atoms with Gasteiger partial charge in [-0.1, -0.05) is 6.92 Å². The fourth-order valence-electron chi connectivity index (χ4n) is 3.66. The molecule has 1 saturated carbocycles. The number of nitrogens with one attached hydrogen (secondary N) is 1. The van der Waals surface area contributed by atoms with Gasteiger partial charge in [0.15, 0.2) is 6.10 Å². The van der Waals surface area contributed by atoms with E-state index < -0.39 is 30.2 Å². The summed E-state index contributed by atoms with van der Waals surface area (Å²) in [5, 5.41) is 21.1. The molecule has 150 valence electrons. The van der Waals surface area contributed by atoms with E-state index in [2.05, 4.69) is 5.32 Å². The van der Waals surface area contributed by atoms with Crippen LogP contribution in [-0.4, -0.2) is 82.6 Å². The second kappa shape index (κ2) is 8.43. The molecule has 0 bridgehead atoms. The van der Waals surface area contributed by atoms with E-state index in [1.807, 2.05) is 11.8 Å². The van der Waals surface area contributed by atoms with Gasteiger partial charge in [-0.15, -0.1) is 0 Å². The van der Waals surface area contributed by atoms with Crippen molar-refractivity contribution in [3.05, 3.63) is 0 Å². The van der Waals surface area contributed by atoms with Crippen LogP contribution in [0.25, 0.3) is 0 Å². The number of alkyl halides is 3. The molecule has 2 rings (SSSR count). The normalized spacial score (nSPS) is 27.8. The first-order valence-electron chi connectivity index (χ1n) is 8.87. The monoisotopic (exact) mass is 381 g/mol. The summed E-state index contributed by atoms with van der Waals surface area (Å²) in [6.45, 7) is 2.66. The Morgan fingerprint density at radius 3 is 2.54 bits per heavy atom. The van der Waals surface area contributed by atoms with Crippen molar-refractivity contribution >= 4 is 12.0 Å². The summed E-state index contributed by atoms with van der Waals surface area (Å²) in [5.41, 5.74) is 0. The summed E-state index contributed by atoms with van der Waals surface area (Å²) in [7, 11) is 0. The number of likely N-dealkylation sites (tertiary alicyclic amines) is 1. The minimum atomic E-state index is -4.68. The van der Waals surface area contributed by atoms with Gasteiger partial charge in [-0.2, -0.15) is 13.2 Å². The van der Waals surface area contributed by atoms with E-state index in [-0.39, 0.29) is 31.6 Å². The average molecular weight is 381 g/mol. The van der Waals surface area contributed by atoms with Gasteiger partial charge in [-0.25, -0.2) is 4.79 Å². The molecule has 2 atom stereocenters. The fraction of sp³-hybridized carbons (Fsp3) is 0.875. The predicted molar refractivity (Wildman–Crippen MR) is 86.6 cm³/mol. The van der Waals surface area contributed by atoms with Crippen molar-refractivity contribution in [1.29, 1.82) is 0 Å². The minimum absolute atomic E-state index is 0.0506. The largest absolute Gasteiger partial charge is 0.480 e. The predicted octanol–water partition coefficient (Wildman–Crippen LogP) is 1.27. The third kappa shape index (κ3) is 5.23. The van der Waals surface area contributed by atoms with Crippen molar-refractivity contribution in [1.82, 2.24) is 15.1 Å². The van der Waals surface area contributed by atoms with E-state index in [1.54, 1.807) is 0 Å². The number of aliphatic carboxylic acids is 1. The molecule has 2 aliphatic rings. The standard InChI is InChI=1S/C16H26F3N3O4/c1-2-21(9-13(23)24)12-6-11(7-12)20-15(26)22-5-3-4-10(8-22)14(25)16(17,18)19/h10-12,14,25H,2-9H2,1H3,(H,20,26)(H,23,24). The number of carbonyl (C=O) groups is 2. The van der Waals surface area contributed by atoms with Crippen LogP contribution in [0.15, 0.2) is 0 Å². The molecule has 1 heterocycles. The number of rotatable bonds is 6. The number of halogens is 3.